The van der Waals surface area contributed by atoms with Crippen LogP contribution < -0.4 is 5.32 Å². The fourth-order valence-electron chi connectivity index (χ4n) is 1.92. The molecule has 0 radical (unpaired) electrons. The van der Waals surface area contributed by atoms with Gasteiger partial charge in [0, 0.05) is 5.69 Å². The molecule has 1 atom stereocenters. The second-order valence-corrected chi connectivity index (χ2v) is 5.46. The summed E-state index contributed by atoms with van der Waals surface area (Å²) in [7, 11) is 0. The Morgan fingerprint density at radius 2 is 1.96 bits per heavy atom. The first-order valence-electron chi connectivity index (χ1n) is 7.05. The van der Waals surface area contributed by atoms with Crippen LogP contribution in [0.25, 0.3) is 0 Å². The average Bonchev–Trinajstić information content (AvgIpc) is 2.50. The quantitative estimate of drug-likeness (QED) is 0.833. The van der Waals surface area contributed by atoms with Crippen LogP contribution in [0.2, 0.25) is 5.02 Å². The minimum atomic E-state index is -1.07. The number of carbonyl (C=O) groups is 2. The van der Waals surface area contributed by atoms with Crippen LogP contribution in [0.15, 0.2) is 42.5 Å². The highest BCUT2D eigenvalue weighted by atomic mass is 35.5. The summed E-state index contributed by atoms with van der Waals surface area (Å²) in [5.74, 6) is -2.32. The van der Waals surface area contributed by atoms with Gasteiger partial charge in [0.2, 0.25) is 0 Å². The summed E-state index contributed by atoms with van der Waals surface area (Å²) in [6, 6.07) is 9.22. The molecule has 0 aliphatic rings. The second-order valence-electron chi connectivity index (χ2n) is 5.06. The van der Waals surface area contributed by atoms with Gasteiger partial charge >= 0.3 is 5.97 Å². The van der Waals surface area contributed by atoms with Crippen molar-refractivity contribution in [2.45, 2.75) is 19.4 Å². The number of benzene rings is 2. The van der Waals surface area contributed by atoms with Gasteiger partial charge in [-0.3, -0.25) is 9.59 Å². The molecule has 24 heavy (non-hydrogen) atoms. The largest absolute Gasteiger partial charge is 0.452 e. The topological polar surface area (TPSA) is 55.4 Å². The summed E-state index contributed by atoms with van der Waals surface area (Å²) in [6.07, 6.45) is -1.23. The van der Waals surface area contributed by atoms with Crippen molar-refractivity contribution < 1.29 is 23.1 Å². The van der Waals surface area contributed by atoms with Gasteiger partial charge < -0.3 is 10.1 Å². The van der Waals surface area contributed by atoms with E-state index in [4.69, 9.17) is 16.3 Å². The Morgan fingerprint density at radius 3 is 2.62 bits per heavy atom. The maximum absolute atomic E-state index is 13.1. The monoisotopic (exact) mass is 353 g/mol. The molecule has 0 fully saturated rings. The number of rotatable bonds is 5. The molecule has 1 amide bonds. The second kappa shape index (κ2) is 7.88. The molecule has 0 saturated carbocycles. The zero-order valence-corrected chi connectivity index (χ0v) is 13.4. The number of hydrogen-bond acceptors (Lipinski definition) is 3. The number of halogens is 3. The third-order valence-corrected chi connectivity index (χ3v) is 3.39. The first kappa shape index (κ1) is 17.9. The van der Waals surface area contributed by atoms with Crippen molar-refractivity contribution in [3.05, 3.63) is 64.7 Å². The van der Waals surface area contributed by atoms with Crippen LogP contribution in [0, 0.1) is 11.6 Å². The first-order chi connectivity index (χ1) is 11.3. The van der Waals surface area contributed by atoms with Crippen LogP contribution in [-0.4, -0.2) is 18.0 Å². The minimum Gasteiger partial charge on any atom is -0.452 e. The normalized spacial score (nSPS) is 11.7. The van der Waals surface area contributed by atoms with E-state index in [9.17, 15) is 18.4 Å². The summed E-state index contributed by atoms with van der Waals surface area (Å²) in [6.45, 7) is 1.39. The molecule has 0 bridgehead atoms. The summed E-state index contributed by atoms with van der Waals surface area (Å²) in [4.78, 5) is 23.8. The lowest BCUT2D eigenvalue weighted by Crippen LogP contribution is -2.30. The van der Waals surface area contributed by atoms with E-state index in [0.29, 0.717) is 5.56 Å². The zero-order valence-electron chi connectivity index (χ0n) is 12.7. The smallest absolute Gasteiger partial charge is 0.311 e. The molecular weight excluding hydrogens is 340 g/mol. The van der Waals surface area contributed by atoms with Gasteiger partial charge in [-0.15, -0.1) is 0 Å². The van der Waals surface area contributed by atoms with Crippen molar-refractivity contribution in [1.82, 2.24) is 0 Å². The number of amides is 1. The Kier molecular flexibility index (Phi) is 5.87. The summed E-state index contributed by atoms with van der Waals surface area (Å²) >= 11 is 5.62. The van der Waals surface area contributed by atoms with Crippen LogP contribution in [0.4, 0.5) is 14.5 Å². The number of ether oxygens (including phenoxy) is 1. The molecule has 2 rings (SSSR count). The lowest BCUT2D eigenvalue weighted by molar-refractivity contribution is -0.152. The highest BCUT2D eigenvalue weighted by Gasteiger charge is 2.18. The van der Waals surface area contributed by atoms with E-state index in [1.165, 1.54) is 37.3 Å². The van der Waals surface area contributed by atoms with E-state index in [0.717, 1.165) is 6.07 Å². The van der Waals surface area contributed by atoms with Gasteiger partial charge in [-0.1, -0.05) is 23.7 Å². The van der Waals surface area contributed by atoms with Crippen molar-refractivity contribution in [3.8, 4) is 0 Å². The summed E-state index contributed by atoms with van der Waals surface area (Å²) in [5.41, 5.74) is 0.720. The Bertz CT molecular complexity index is 767. The Morgan fingerprint density at radius 1 is 1.21 bits per heavy atom. The number of nitrogens with one attached hydrogen (secondary N) is 1. The van der Waals surface area contributed by atoms with Crippen LogP contribution in [0.3, 0.4) is 0 Å². The van der Waals surface area contributed by atoms with Gasteiger partial charge in [0.15, 0.2) is 6.10 Å². The van der Waals surface area contributed by atoms with E-state index in [2.05, 4.69) is 5.32 Å². The maximum Gasteiger partial charge on any atom is 0.311 e. The highest BCUT2D eigenvalue weighted by molar-refractivity contribution is 6.31. The third kappa shape index (κ3) is 5.03. The van der Waals surface area contributed by atoms with E-state index >= 15 is 0 Å². The van der Waals surface area contributed by atoms with Gasteiger partial charge in [0.25, 0.3) is 5.91 Å². The molecule has 0 spiro atoms. The van der Waals surface area contributed by atoms with Crippen molar-refractivity contribution in [2.24, 2.45) is 0 Å². The van der Waals surface area contributed by atoms with Gasteiger partial charge in [-0.25, -0.2) is 8.78 Å². The van der Waals surface area contributed by atoms with Crippen molar-refractivity contribution in [3.63, 3.8) is 0 Å². The van der Waals surface area contributed by atoms with Crippen LogP contribution in [0.5, 0.6) is 0 Å². The minimum absolute atomic E-state index is 0.136. The fraction of sp³-hybridized carbons (Fsp3) is 0.176. The number of hydrogen-bond donors (Lipinski definition) is 1. The molecule has 2 aromatic carbocycles. The summed E-state index contributed by atoms with van der Waals surface area (Å²) < 4.78 is 31.1. The van der Waals surface area contributed by atoms with Crippen LogP contribution >= 0.6 is 11.6 Å². The molecule has 0 heterocycles. The first-order valence-corrected chi connectivity index (χ1v) is 7.43. The van der Waals surface area contributed by atoms with Crippen LogP contribution in [0.1, 0.15) is 12.5 Å². The molecule has 2 aromatic rings. The molecule has 0 aliphatic heterocycles. The van der Waals surface area contributed by atoms with Gasteiger partial charge in [0.1, 0.15) is 11.6 Å². The molecular formula is C17H14ClF2NO3. The van der Waals surface area contributed by atoms with Crippen LogP contribution in [-0.2, 0) is 20.7 Å². The van der Waals surface area contributed by atoms with Gasteiger partial charge in [-0.05, 0) is 42.8 Å². The molecule has 0 aromatic heterocycles. The maximum atomic E-state index is 13.1. The van der Waals surface area contributed by atoms with Crippen molar-refractivity contribution >= 4 is 29.2 Å². The predicted octanol–water partition coefficient (Wildman–Crippen LogP) is 3.73. The van der Waals surface area contributed by atoms with E-state index in [1.807, 2.05) is 0 Å². The molecule has 4 nitrogen and oxygen atoms in total. The molecule has 126 valence electrons. The summed E-state index contributed by atoms with van der Waals surface area (Å²) in [5, 5.41) is 2.33. The molecule has 0 saturated heterocycles. The third-order valence-electron chi connectivity index (χ3n) is 3.10. The van der Waals surface area contributed by atoms with E-state index in [1.54, 1.807) is 6.07 Å². The van der Waals surface area contributed by atoms with Crippen molar-refractivity contribution in [2.75, 3.05) is 5.32 Å². The Balaban J connectivity index is 1.90. The highest BCUT2D eigenvalue weighted by Crippen LogP contribution is 2.19. The predicted molar refractivity (Wildman–Crippen MR) is 85.7 cm³/mol. The molecule has 0 aliphatic carbocycles. The number of anilines is 1. The van der Waals surface area contributed by atoms with E-state index in [-0.39, 0.29) is 17.1 Å². The van der Waals surface area contributed by atoms with E-state index < -0.39 is 29.6 Å². The van der Waals surface area contributed by atoms with Crippen molar-refractivity contribution in [1.29, 1.82) is 0 Å². The van der Waals surface area contributed by atoms with Gasteiger partial charge in [-0.2, -0.15) is 0 Å². The lowest BCUT2D eigenvalue weighted by Gasteiger charge is -2.14. The fourth-order valence-corrected chi connectivity index (χ4v) is 2.10. The lowest BCUT2D eigenvalue weighted by atomic mass is 10.1. The Hall–Kier alpha value is -2.47. The van der Waals surface area contributed by atoms with Gasteiger partial charge in [0.05, 0.1) is 11.4 Å². The average molecular weight is 354 g/mol. The molecule has 7 heteroatoms. The SMILES string of the molecule is C[C@@H](OC(=O)Cc1cccc(F)c1)C(=O)Nc1ccc(F)c(Cl)c1. The zero-order chi connectivity index (χ0) is 17.7. The molecule has 1 N–H and O–H groups in total. The number of esters is 1. The number of carbonyl (C=O) groups excluding carboxylic acids is 2. The standard InChI is InChI=1S/C17H14ClF2NO3/c1-10(17(23)21-13-5-6-15(20)14(18)9-13)24-16(22)8-11-3-2-4-12(19)7-11/h2-7,9-10H,8H2,1H3,(H,21,23)/t10-/m1/s1. The molecule has 0 unspecified atom stereocenters. The Labute approximate surface area is 142 Å².